The molecule has 0 aliphatic rings. The number of nitrogens with one attached hydrogen (secondary N) is 1. The van der Waals surface area contributed by atoms with Crippen molar-refractivity contribution in [2.24, 2.45) is 0 Å². The van der Waals surface area contributed by atoms with Crippen LogP contribution in [0.25, 0.3) is 10.2 Å². The standard InChI is InChI=1S/C11H14ClN2O2PS2/c1-3-15-17(18,16-4-2)14-11-13-9-6-5-8(12)7-10(9)19-11/h5-7H,3-4H2,1-2H3,(H,13,14,18). The molecule has 0 aliphatic carbocycles. The fraction of sp³-hybridized carbons (Fsp3) is 0.364. The summed E-state index contributed by atoms with van der Waals surface area (Å²) >= 11 is 12.8. The van der Waals surface area contributed by atoms with Crippen molar-refractivity contribution in [2.75, 3.05) is 18.3 Å². The molecule has 2 aromatic rings. The van der Waals surface area contributed by atoms with Crippen LogP contribution in [-0.4, -0.2) is 18.2 Å². The van der Waals surface area contributed by atoms with Crippen LogP contribution in [0.3, 0.4) is 0 Å². The first kappa shape index (κ1) is 15.2. The number of aromatic nitrogens is 1. The second kappa shape index (κ2) is 6.48. The molecule has 2 rings (SSSR count). The highest BCUT2D eigenvalue weighted by molar-refractivity contribution is 8.10. The number of rotatable bonds is 6. The van der Waals surface area contributed by atoms with E-state index < -0.39 is 6.64 Å². The average Bonchev–Trinajstić information content (AvgIpc) is 2.70. The highest BCUT2D eigenvalue weighted by Gasteiger charge is 2.19. The number of nitrogens with zero attached hydrogens (tertiary/aromatic N) is 1. The minimum absolute atomic E-state index is 0.501. The Bertz CT molecular complexity index is 610. The van der Waals surface area contributed by atoms with E-state index in [0.717, 1.165) is 10.2 Å². The molecule has 0 unspecified atom stereocenters. The number of hydrogen-bond donors (Lipinski definition) is 1. The summed E-state index contributed by atoms with van der Waals surface area (Å²) in [5, 5.41) is 4.50. The van der Waals surface area contributed by atoms with Crippen LogP contribution >= 0.6 is 29.6 Å². The second-order valence-corrected chi connectivity index (χ2v) is 8.22. The number of thiazole rings is 1. The third-order valence-electron chi connectivity index (χ3n) is 2.18. The summed E-state index contributed by atoms with van der Waals surface area (Å²) in [7, 11) is 0. The molecular weight excluding hydrogens is 323 g/mol. The van der Waals surface area contributed by atoms with E-state index in [0.29, 0.717) is 23.4 Å². The van der Waals surface area contributed by atoms with E-state index in [4.69, 9.17) is 32.5 Å². The van der Waals surface area contributed by atoms with E-state index in [1.165, 1.54) is 11.3 Å². The van der Waals surface area contributed by atoms with Gasteiger partial charge in [-0.1, -0.05) is 22.9 Å². The Labute approximate surface area is 126 Å². The lowest BCUT2D eigenvalue weighted by molar-refractivity contribution is 0.271. The van der Waals surface area contributed by atoms with Crippen molar-refractivity contribution in [1.82, 2.24) is 4.98 Å². The topological polar surface area (TPSA) is 43.4 Å². The molecule has 1 heterocycles. The van der Waals surface area contributed by atoms with Gasteiger partial charge in [0.1, 0.15) is 0 Å². The van der Waals surface area contributed by atoms with Crippen LogP contribution in [0.2, 0.25) is 5.02 Å². The lowest BCUT2D eigenvalue weighted by Crippen LogP contribution is -2.04. The number of halogens is 1. The van der Waals surface area contributed by atoms with Crippen LogP contribution in [0.15, 0.2) is 18.2 Å². The third-order valence-corrected chi connectivity index (χ3v) is 6.09. The van der Waals surface area contributed by atoms with Gasteiger partial charge in [-0.2, -0.15) is 0 Å². The van der Waals surface area contributed by atoms with Crippen LogP contribution in [0.1, 0.15) is 13.8 Å². The predicted octanol–water partition coefficient (Wildman–Crippen LogP) is 4.66. The summed E-state index contributed by atoms with van der Waals surface area (Å²) in [5.41, 5.74) is 0.881. The van der Waals surface area contributed by atoms with E-state index in [9.17, 15) is 0 Å². The molecule has 1 aromatic carbocycles. The van der Waals surface area contributed by atoms with Gasteiger partial charge in [0.05, 0.1) is 23.4 Å². The van der Waals surface area contributed by atoms with Crippen molar-refractivity contribution in [3.05, 3.63) is 23.2 Å². The van der Waals surface area contributed by atoms with Crippen LogP contribution in [0, 0.1) is 0 Å². The predicted molar refractivity (Wildman–Crippen MR) is 85.8 cm³/mol. The Hall–Kier alpha value is -0.230. The number of benzene rings is 1. The van der Waals surface area contributed by atoms with E-state index >= 15 is 0 Å². The molecule has 0 aliphatic heterocycles. The first-order valence-corrected chi connectivity index (χ1v) is 9.63. The minimum atomic E-state index is -2.51. The van der Waals surface area contributed by atoms with E-state index in [-0.39, 0.29) is 0 Å². The van der Waals surface area contributed by atoms with Crippen molar-refractivity contribution in [2.45, 2.75) is 13.8 Å². The maximum Gasteiger partial charge on any atom is 0.289 e. The SMILES string of the molecule is CCOP(=S)(Nc1nc2ccc(Cl)cc2s1)OCC. The summed E-state index contributed by atoms with van der Waals surface area (Å²) in [6.45, 7) is 2.27. The van der Waals surface area contributed by atoms with Gasteiger partial charge in [-0.3, -0.25) is 5.09 Å². The molecule has 0 atom stereocenters. The van der Waals surface area contributed by atoms with Gasteiger partial charge < -0.3 is 9.05 Å². The smallest absolute Gasteiger partial charge is 0.289 e. The van der Waals surface area contributed by atoms with Crippen molar-refractivity contribution < 1.29 is 9.05 Å². The Morgan fingerprint density at radius 2 is 2.05 bits per heavy atom. The molecule has 19 heavy (non-hydrogen) atoms. The molecule has 0 saturated carbocycles. The fourth-order valence-corrected chi connectivity index (χ4v) is 5.27. The normalized spacial score (nSPS) is 11.9. The molecular formula is C11H14ClN2O2PS2. The van der Waals surface area contributed by atoms with Crippen molar-refractivity contribution in [3.63, 3.8) is 0 Å². The molecule has 0 bridgehead atoms. The zero-order valence-electron chi connectivity index (χ0n) is 10.6. The largest absolute Gasteiger partial charge is 0.314 e. The van der Waals surface area contributed by atoms with Crippen LogP contribution in [-0.2, 0) is 20.9 Å². The molecule has 0 fully saturated rings. The lowest BCUT2D eigenvalue weighted by atomic mass is 10.3. The van der Waals surface area contributed by atoms with E-state index in [1.54, 1.807) is 0 Å². The molecule has 104 valence electrons. The summed E-state index contributed by atoms with van der Waals surface area (Å²) < 4.78 is 12.1. The third kappa shape index (κ3) is 3.88. The van der Waals surface area contributed by atoms with E-state index in [2.05, 4.69) is 10.1 Å². The van der Waals surface area contributed by atoms with Crippen LogP contribution in [0.5, 0.6) is 0 Å². The maximum absolute atomic E-state index is 5.96. The lowest BCUT2D eigenvalue weighted by Gasteiger charge is -2.20. The van der Waals surface area contributed by atoms with Gasteiger partial charge in [-0.05, 0) is 43.9 Å². The fourth-order valence-electron chi connectivity index (χ4n) is 1.51. The van der Waals surface area contributed by atoms with Gasteiger partial charge in [-0.15, -0.1) is 0 Å². The molecule has 0 radical (unpaired) electrons. The molecule has 1 N–H and O–H groups in total. The zero-order chi connectivity index (χ0) is 13.9. The number of fused-ring (bicyclic) bond motifs is 1. The monoisotopic (exact) mass is 336 g/mol. The molecule has 8 heteroatoms. The molecule has 0 spiro atoms. The summed E-state index contributed by atoms with van der Waals surface area (Å²) in [6, 6.07) is 5.57. The van der Waals surface area contributed by atoms with Gasteiger partial charge in [0, 0.05) is 5.02 Å². The van der Waals surface area contributed by atoms with Crippen LogP contribution in [0.4, 0.5) is 5.13 Å². The summed E-state index contributed by atoms with van der Waals surface area (Å²) in [6.07, 6.45) is 0. The highest BCUT2D eigenvalue weighted by atomic mass is 35.5. The quantitative estimate of drug-likeness (QED) is 0.777. The zero-order valence-corrected chi connectivity index (χ0v) is 13.8. The van der Waals surface area contributed by atoms with Gasteiger partial charge in [-0.25, -0.2) is 4.98 Å². The van der Waals surface area contributed by atoms with Crippen molar-refractivity contribution in [3.8, 4) is 0 Å². The molecule has 0 saturated heterocycles. The van der Waals surface area contributed by atoms with Crippen molar-refractivity contribution >= 4 is 56.7 Å². The maximum atomic E-state index is 5.96. The first-order chi connectivity index (χ1) is 9.06. The Kier molecular flexibility index (Phi) is 5.17. The minimum Gasteiger partial charge on any atom is -0.314 e. The van der Waals surface area contributed by atoms with Gasteiger partial charge in [0.15, 0.2) is 5.13 Å². The number of anilines is 1. The Balaban J connectivity index is 2.26. The average molecular weight is 337 g/mol. The summed E-state index contributed by atoms with van der Waals surface area (Å²) in [4.78, 5) is 4.45. The van der Waals surface area contributed by atoms with Crippen molar-refractivity contribution in [1.29, 1.82) is 0 Å². The first-order valence-electron chi connectivity index (χ1n) is 5.80. The second-order valence-electron chi connectivity index (χ2n) is 3.58. The summed E-state index contributed by atoms with van der Waals surface area (Å²) in [5.74, 6) is 0. The van der Waals surface area contributed by atoms with E-state index in [1.807, 2.05) is 32.0 Å². The molecule has 0 amide bonds. The van der Waals surface area contributed by atoms with Gasteiger partial charge in [0.2, 0.25) is 0 Å². The van der Waals surface area contributed by atoms with Gasteiger partial charge >= 0.3 is 0 Å². The highest BCUT2D eigenvalue weighted by Crippen LogP contribution is 2.49. The van der Waals surface area contributed by atoms with Crippen LogP contribution < -0.4 is 5.09 Å². The number of hydrogen-bond acceptors (Lipinski definition) is 5. The molecule has 4 nitrogen and oxygen atoms in total. The molecule has 1 aromatic heterocycles. The van der Waals surface area contributed by atoms with Gasteiger partial charge in [0.25, 0.3) is 6.64 Å². The Morgan fingerprint density at radius 3 is 2.68 bits per heavy atom. The Morgan fingerprint density at radius 1 is 1.37 bits per heavy atom.